The number of hydrogen-bond donors (Lipinski definition) is 2. The molecule has 7 nitrogen and oxygen atoms in total. The van der Waals surface area contributed by atoms with E-state index in [2.05, 4.69) is 15.2 Å². The van der Waals surface area contributed by atoms with Gasteiger partial charge in [0.15, 0.2) is 5.82 Å². The minimum Gasteiger partial charge on any atom is -0.361 e. The largest absolute Gasteiger partial charge is 0.451 e. The minimum atomic E-state index is -4.59. The molecular formula is C18H18F4N6O. The van der Waals surface area contributed by atoms with Crippen LogP contribution in [0.25, 0.3) is 10.9 Å². The third-order valence-corrected chi connectivity index (χ3v) is 5.01. The number of amides is 1. The zero-order valence-corrected chi connectivity index (χ0v) is 15.2. The number of carbonyl (C=O) groups is 1. The number of nitrogens with zero attached hydrogens (tertiary/aromatic N) is 4. The highest BCUT2D eigenvalue weighted by Gasteiger charge is 2.39. The molecule has 11 heteroatoms. The Morgan fingerprint density at radius 3 is 2.83 bits per heavy atom. The van der Waals surface area contributed by atoms with Crippen LogP contribution in [0.4, 0.5) is 17.6 Å². The molecule has 1 amide bonds. The lowest BCUT2D eigenvalue weighted by molar-refractivity contribution is -0.148. The maximum absolute atomic E-state index is 14.1. The van der Waals surface area contributed by atoms with Crippen LogP contribution in [0.2, 0.25) is 0 Å². The van der Waals surface area contributed by atoms with Crippen molar-refractivity contribution in [1.29, 1.82) is 0 Å². The van der Waals surface area contributed by atoms with E-state index in [0.717, 1.165) is 4.57 Å². The van der Waals surface area contributed by atoms with Gasteiger partial charge in [0.05, 0.1) is 6.54 Å². The maximum atomic E-state index is 14.1. The van der Waals surface area contributed by atoms with Gasteiger partial charge in [0.2, 0.25) is 11.7 Å². The summed E-state index contributed by atoms with van der Waals surface area (Å²) in [5.74, 6) is -1.63. The Morgan fingerprint density at radius 1 is 1.28 bits per heavy atom. The van der Waals surface area contributed by atoms with Gasteiger partial charge >= 0.3 is 6.18 Å². The first-order valence-corrected chi connectivity index (χ1v) is 9.01. The number of fused-ring (bicyclic) bond motifs is 2. The number of benzene rings is 1. The predicted molar refractivity (Wildman–Crippen MR) is 95.0 cm³/mol. The summed E-state index contributed by atoms with van der Waals surface area (Å²) in [5, 5.41) is 7.20. The van der Waals surface area contributed by atoms with Crippen LogP contribution in [0.5, 0.6) is 0 Å². The molecule has 3 N–H and O–H groups in total. The minimum absolute atomic E-state index is 0.0125. The molecule has 3 aromatic rings. The Balaban J connectivity index is 1.41. The fourth-order valence-corrected chi connectivity index (χ4v) is 3.66. The molecule has 1 unspecified atom stereocenters. The van der Waals surface area contributed by atoms with Crippen LogP contribution in [-0.2, 0) is 30.5 Å². The molecular weight excluding hydrogens is 392 g/mol. The van der Waals surface area contributed by atoms with E-state index < -0.39 is 18.0 Å². The molecule has 0 saturated heterocycles. The number of rotatable bonds is 4. The predicted octanol–water partition coefficient (Wildman–Crippen LogP) is 2.22. The Kier molecular flexibility index (Phi) is 4.77. The maximum Gasteiger partial charge on any atom is 0.451 e. The van der Waals surface area contributed by atoms with Gasteiger partial charge in [-0.3, -0.25) is 4.79 Å². The number of alkyl halides is 3. The standard InChI is InChI=1S/C18H18F4N6O/c19-12-2-1-3-13-16(12)10(8-24-13)6-11(23)7-15(29)27-4-5-28-14(9-27)25-26-17(28)18(20,21)22/h1-3,8,11,24H,4-7,9,23H2. The van der Waals surface area contributed by atoms with Gasteiger partial charge in [0, 0.05) is 42.7 Å². The first-order valence-electron chi connectivity index (χ1n) is 9.01. The molecule has 3 heterocycles. The van der Waals surface area contributed by atoms with Crippen molar-refractivity contribution < 1.29 is 22.4 Å². The molecule has 1 atom stereocenters. The Hall–Kier alpha value is -2.95. The van der Waals surface area contributed by atoms with E-state index in [0.29, 0.717) is 16.5 Å². The molecule has 0 bridgehead atoms. The monoisotopic (exact) mass is 410 g/mol. The van der Waals surface area contributed by atoms with Gasteiger partial charge in [-0.15, -0.1) is 10.2 Å². The fraction of sp³-hybridized carbons (Fsp3) is 0.389. The average Bonchev–Trinajstić information content (AvgIpc) is 3.25. The number of nitrogens with two attached hydrogens (primary N) is 1. The molecule has 29 heavy (non-hydrogen) atoms. The van der Waals surface area contributed by atoms with Gasteiger partial charge in [0.1, 0.15) is 5.82 Å². The van der Waals surface area contributed by atoms with Crippen LogP contribution < -0.4 is 5.73 Å². The lowest BCUT2D eigenvalue weighted by atomic mass is 10.0. The third-order valence-electron chi connectivity index (χ3n) is 5.01. The zero-order valence-electron chi connectivity index (χ0n) is 15.2. The van der Waals surface area contributed by atoms with E-state index in [-0.39, 0.29) is 50.0 Å². The average molecular weight is 410 g/mol. The highest BCUT2D eigenvalue weighted by Crippen LogP contribution is 2.29. The number of hydrogen-bond acceptors (Lipinski definition) is 4. The van der Waals surface area contributed by atoms with Crippen molar-refractivity contribution >= 4 is 16.8 Å². The van der Waals surface area contributed by atoms with Gasteiger partial charge in [-0.2, -0.15) is 13.2 Å². The molecule has 4 rings (SSSR count). The first kappa shape index (κ1) is 19.4. The second kappa shape index (κ2) is 7.14. The van der Waals surface area contributed by atoms with E-state index in [1.807, 2.05) is 0 Å². The summed E-state index contributed by atoms with van der Waals surface area (Å²) in [4.78, 5) is 17.0. The SMILES string of the molecule is NC(CC(=O)N1CCn2c(nnc2C(F)(F)F)C1)Cc1c[nH]c2cccc(F)c12. The van der Waals surface area contributed by atoms with Gasteiger partial charge in [-0.25, -0.2) is 4.39 Å². The lowest BCUT2D eigenvalue weighted by Gasteiger charge is -2.29. The topological polar surface area (TPSA) is 92.8 Å². The summed E-state index contributed by atoms with van der Waals surface area (Å²) < 4.78 is 53.8. The molecule has 1 aromatic carbocycles. The van der Waals surface area contributed by atoms with E-state index in [1.165, 1.54) is 11.0 Å². The highest BCUT2D eigenvalue weighted by atomic mass is 19.4. The summed E-state index contributed by atoms with van der Waals surface area (Å²) in [5.41, 5.74) is 7.42. The molecule has 154 valence electrons. The van der Waals surface area contributed by atoms with Crippen molar-refractivity contribution in [3.05, 3.63) is 47.4 Å². The number of halogens is 4. The Bertz CT molecular complexity index is 1060. The summed E-state index contributed by atoms with van der Waals surface area (Å²) in [7, 11) is 0. The summed E-state index contributed by atoms with van der Waals surface area (Å²) in [6.45, 7) is 0.0174. The Labute approximate surface area is 162 Å². The van der Waals surface area contributed by atoms with Crippen molar-refractivity contribution in [3.63, 3.8) is 0 Å². The smallest absolute Gasteiger partial charge is 0.361 e. The lowest BCUT2D eigenvalue weighted by Crippen LogP contribution is -2.42. The van der Waals surface area contributed by atoms with Gasteiger partial charge in [0.25, 0.3) is 0 Å². The Morgan fingerprint density at radius 2 is 2.07 bits per heavy atom. The molecule has 1 aliphatic heterocycles. The molecule has 0 saturated carbocycles. The summed E-state index contributed by atoms with van der Waals surface area (Å²) >= 11 is 0. The van der Waals surface area contributed by atoms with Crippen LogP contribution in [0.1, 0.15) is 23.6 Å². The van der Waals surface area contributed by atoms with Crippen LogP contribution in [0.3, 0.4) is 0 Å². The molecule has 0 aliphatic carbocycles. The van der Waals surface area contributed by atoms with Gasteiger partial charge in [-0.1, -0.05) is 6.07 Å². The van der Waals surface area contributed by atoms with E-state index >= 15 is 0 Å². The number of aromatic nitrogens is 4. The zero-order chi connectivity index (χ0) is 20.8. The van der Waals surface area contributed by atoms with Crippen molar-refractivity contribution in [2.45, 2.75) is 38.1 Å². The highest BCUT2D eigenvalue weighted by molar-refractivity contribution is 5.84. The first-order chi connectivity index (χ1) is 13.7. The van der Waals surface area contributed by atoms with Gasteiger partial charge < -0.3 is 20.2 Å². The van der Waals surface area contributed by atoms with Crippen LogP contribution in [0, 0.1) is 5.82 Å². The summed E-state index contributed by atoms with van der Waals surface area (Å²) in [6.07, 6.45) is -2.65. The number of H-pyrrole nitrogens is 1. The molecule has 0 spiro atoms. The second-order valence-corrected chi connectivity index (χ2v) is 7.05. The molecule has 1 aliphatic rings. The molecule has 0 radical (unpaired) electrons. The van der Waals surface area contributed by atoms with Crippen molar-refractivity contribution in [3.8, 4) is 0 Å². The second-order valence-electron chi connectivity index (χ2n) is 7.05. The molecule has 2 aromatic heterocycles. The van der Waals surface area contributed by atoms with E-state index in [1.54, 1.807) is 18.3 Å². The quantitative estimate of drug-likeness (QED) is 0.645. The summed E-state index contributed by atoms with van der Waals surface area (Å²) in [6, 6.07) is 4.14. The van der Waals surface area contributed by atoms with Crippen LogP contribution >= 0.6 is 0 Å². The van der Waals surface area contributed by atoms with E-state index in [9.17, 15) is 22.4 Å². The fourth-order valence-electron chi connectivity index (χ4n) is 3.66. The normalized spacial score (nSPS) is 15.6. The molecule has 0 fully saturated rings. The number of carbonyl (C=O) groups excluding carboxylic acids is 1. The van der Waals surface area contributed by atoms with Crippen LogP contribution in [-0.4, -0.2) is 43.1 Å². The van der Waals surface area contributed by atoms with Crippen molar-refractivity contribution in [2.75, 3.05) is 6.54 Å². The van der Waals surface area contributed by atoms with Gasteiger partial charge in [-0.05, 0) is 24.1 Å². The number of nitrogens with one attached hydrogen (secondary N) is 1. The van der Waals surface area contributed by atoms with E-state index in [4.69, 9.17) is 5.73 Å². The van der Waals surface area contributed by atoms with Crippen molar-refractivity contribution in [1.82, 2.24) is 24.6 Å². The van der Waals surface area contributed by atoms with Crippen molar-refractivity contribution in [2.24, 2.45) is 5.73 Å². The third kappa shape index (κ3) is 3.69. The number of aromatic amines is 1. The van der Waals surface area contributed by atoms with Crippen LogP contribution in [0.15, 0.2) is 24.4 Å².